The second kappa shape index (κ2) is 9.12. The maximum Gasteiger partial charge on any atom is 0.339 e. The van der Waals surface area contributed by atoms with E-state index in [-0.39, 0.29) is 29.4 Å². The Morgan fingerprint density at radius 2 is 1.37 bits per heavy atom. The van der Waals surface area contributed by atoms with E-state index in [2.05, 4.69) is 0 Å². The van der Waals surface area contributed by atoms with Crippen molar-refractivity contribution >= 4 is 17.7 Å². The van der Waals surface area contributed by atoms with Gasteiger partial charge in [0.1, 0.15) is 0 Å². The van der Waals surface area contributed by atoms with E-state index in [9.17, 15) is 14.4 Å². The molecule has 1 saturated heterocycles. The van der Waals surface area contributed by atoms with Crippen molar-refractivity contribution in [1.82, 2.24) is 4.90 Å². The highest BCUT2D eigenvalue weighted by molar-refractivity contribution is 6.14. The molecule has 0 aliphatic carbocycles. The molecule has 2 aromatic rings. The summed E-state index contributed by atoms with van der Waals surface area (Å²) in [5.41, 5.74) is 0.948. The first-order valence-electron chi connectivity index (χ1n) is 9.30. The third-order valence-corrected chi connectivity index (χ3v) is 4.71. The van der Waals surface area contributed by atoms with Crippen molar-refractivity contribution in [1.29, 1.82) is 0 Å². The standard InChI is InChI=1S/C22H23NO4/c24-20(23-14-8-1-2-9-15-23)16-27-22(26)19-13-7-6-12-18(19)21(25)17-10-4-3-5-11-17/h3-7,10-13H,1-2,8-9,14-16H2. The molecule has 2 aromatic carbocycles. The van der Waals surface area contributed by atoms with Gasteiger partial charge < -0.3 is 9.64 Å². The molecule has 1 heterocycles. The second-order valence-electron chi connectivity index (χ2n) is 6.61. The molecule has 1 aliphatic rings. The van der Waals surface area contributed by atoms with Crippen LogP contribution in [0.1, 0.15) is 52.0 Å². The molecular weight excluding hydrogens is 342 g/mol. The first-order valence-corrected chi connectivity index (χ1v) is 9.30. The Labute approximate surface area is 158 Å². The summed E-state index contributed by atoms with van der Waals surface area (Å²) in [6.45, 7) is 1.12. The highest BCUT2D eigenvalue weighted by atomic mass is 16.5. The molecule has 1 fully saturated rings. The number of hydrogen-bond donors (Lipinski definition) is 0. The molecule has 0 bridgehead atoms. The number of ether oxygens (including phenoxy) is 1. The normalized spacial score (nSPS) is 14.3. The second-order valence-corrected chi connectivity index (χ2v) is 6.61. The van der Waals surface area contributed by atoms with Gasteiger partial charge in [-0.3, -0.25) is 9.59 Å². The van der Waals surface area contributed by atoms with Crippen LogP contribution in [0.25, 0.3) is 0 Å². The summed E-state index contributed by atoms with van der Waals surface area (Å²) in [5.74, 6) is -1.09. The number of rotatable bonds is 5. The molecule has 1 aliphatic heterocycles. The van der Waals surface area contributed by atoms with Crippen LogP contribution in [0.5, 0.6) is 0 Å². The van der Waals surface area contributed by atoms with E-state index in [1.807, 2.05) is 6.07 Å². The van der Waals surface area contributed by atoms with Crippen molar-refractivity contribution in [3.05, 3.63) is 71.3 Å². The minimum Gasteiger partial charge on any atom is -0.452 e. The van der Waals surface area contributed by atoms with Gasteiger partial charge >= 0.3 is 5.97 Å². The van der Waals surface area contributed by atoms with E-state index in [0.29, 0.717) is 18.7 Å². The number of nitrogens with zero attached hydrogens (tertiary/aromatic N) is 1. The monoisotopic (exact) mass is 365 g/mol. The largest absolute Gasteiger partial charge is 0.452 e. The predicted molar refractivity (Wildman–Crippen MR) is 102 cm³/mol. The Bertz CT molecular complexity index is 808. The molecule has 3 rings (SSSR count). The molecule has 140 valence electrons. The molecule has 0 unspecified atom stereocenters. The summed E-state index contributed by atoms with van der Waals surface area (Å²) in [5, 5.41) is 0. The molecule has 1 amide bonds. The lowest BCUT2D eigenvalue weighted by atomic mass is 9.98. The van der Waals surface area contributed by atoms with Crippen molar-refractivity contribution in [2.45, 2.75) is 25.7 Å². The van der Waals surface area contributed by atoms with Crippen LogP contribution in [0.2, 0.25) is 0 Å². The van der Waals surface area contributed by atoms with Crippen LogP contribution < -0.4 is 0 Å². The third kappa shape index (κ3) is 4.82. The molecule has 0 atom stereocenters. The van der Waals surface area contributed by atoms with Gasteiger partial charge in [-0.05, 0) is 18.9 Å². The highest BCUT2D eigenvalue weighted by Crippen LogP contribution is 2.16. The third-order valence-electron chi connectivity index (χ3n) is 4.71. The number of carbonyl (C=O) groups is 3. The van der Waals surface area contributed by atoms with Crippen molar-refractivity contribution in [2.75, 3.05) is 19.7 Å². The van der Waals surface area contributed by atoms with Gasteiger partial charge in [0, 0.05) is 24.2 Å². The molecule has 5 nitrogen and oxygen atoms in total. The van der Waals surface area contributed by atoms with Crippen LogP contribution in [0.4, 0.5) is 0 Å². The van der Waals surface area contributed by atoms with E-state index >= 15 is 0 Å². The van der Waals surface area contributed by atoms with Gasteiger partial charge in [0.15, 0.2) is 12.4 Å². The quantitative estimate of drug-likeness (QED) is 0.601. The van der Waals surface area contributed by atoms with Gasteiger partial charge in [-0.1, -0.05) is 61.4 Å². The van der Waals surface area contributed by atoms with Crippen LogP contribution in [-0.4, -0.2) is 42.3 Å². The van der Waals surface area contributed by atoms with Crippen LogP contribution in [0.3, 0.4) is 0 Å². The first-order chi connectivity index (χ1) is 13.2. The number of hydrogen-bond acceptors (Lipinski definition) is 4. The molecule has 0 aromatic heterocycles. The summed E-state index contributed by atoms with van der Waals surface area (Å²) < 4.78 is 5.23. The lowest BCUT2D eigenvalue weighted by Gasteiger charge is -2.20. The number of likely N-dealkylation sites (tertiary alicyclic amines) is 1. The number of benzene rings is 2. The van der Waals surface area contributed by atoms with Crippen LogP contribution in [-0.2, 0) is 9.53 Å². The Morgan fingerprint density at radius 1 is 0.778 bits per heavy atom. The average Bonchev–Trinajstić information content (AvgIpc) is 3.01. The predicted octanol–water partition coefficient (Wildman–Crippen LogP) is 3.48. The van der Waals surface area contributed by atoms with Gasteiger partial charge in [0.2, 0.25) is 0 Å². The van der Waals surface area contributed by atoms with Gasteiger partial charge in [0.05, 0.1) is 5.56 Å². The van der Waals surface area contributed by atoms with Crippen LogP contribution in [0.15, 0.2) is 54.6 Å². The average molecular weight is 365 g/mol. The SMILES string of the molecule is O=C(OCC(=O)N1CCCCCC1)c1ccccc1C(=O)c1ccccc1. The summed E-state index contributed by atoms with van der Waals surface area (Å²) in [6.07, 6.45) is 4.21. The molecule has 0 radical (unpaired) electrons. The van der Waals surface area contributed by atoms with Crippen molar-refractivity contribution in [2.24, 2.45) is 0 Å². The number of carbonyl (C=O) groups excluding carboxylic acids is 3. The zero-order chi connectivity index (χ0) is 19.1. The number of ketones is 1. The van der Waals surface area contributed by atoms with Gasteiger partial charge in [-0.25, -0.2) is 4.79 Å². The topological polar surface area (TPSA) is 63.7 Å². The van der Waals surface area contributed by atoms with Crippen LogP contribution >= 0.6 is 0 Å². The lowest BCUT2D eigenvalue weighted by molar-refractivity contribution is -0.134. The number of amides is 1. The Hall–Kier alpha value is -2.95. The van der Waals surface area contributed by atoms with Crippen molar-refractivity contribution in [3.63, 3.8) is 0 Å². The van der Waals surface area contributed by atoms with E-state index in [1.165, 1.54) is 0 Å². The van der Waals surface area contributed by atoms with E-state index in [4.69, 9.17) is 4.74 Å². The minimum atomic E-state index is -0.655. The van der Waals surface area contributed by atoms with Gasteiger partial charge in [0.25, 0.3) is 5.91 Å². The van der Waals surface area contributed by atoms with Crippen LogP contribution in [0, 0.1) is 0 Å². The minimum absolute atomic E-state index is 0.176. The first kappa shape index (κ1) is 18.8. The summed E-state index contributed by atoms with van der Waals surface area (Å²) in [7, 11) is 0. The fraction of sp³-hybridized carbons (Fsp3) is 0.318. The molecule has 5 heteroatoms. The molecule has 27 heavy (non-hydrogen) atoms. The lowest BCUT2D eigenvalue weighted by Crippen LogP contribution is -2.35. The smallest absolute Gasteiger partial charge is 0.339 e. The molecule has 0 spiro atoms. The van der Waals surface area contributed by atoms with Gasteiger partial charge in [-0.2, -0.15) is 0 Å². The summed E-state index contributed by atoms with van der Waals surface area (Å²) >= 11 is 0. The summed E-state index contributed by atoms with van der Waals surface area (Å²) in [6, 6.07) is 15.3. The molecular formula is C22H23NO4. The Morgan fingerprint density at radius 3 is 2.04 bits per heavy atom. The molecule has 0 N–H and O–H groups in total. The Kier molecular flexibility index (Phi) is 6.36. The maximum absolute atomic E-state index is 12.7. The highest BCUT2D eigenvalue weighted by Gasteiger charge is 2.21. The zero-order valence-corrected chi connectivity index (χ0v) is 15.2. The number of esters is 1. The fourth-order valence-corrected chi connectivity index (χ4v) is 3.22. The zero-order valence-electron chi connectivity index (χ0n) is 15.2. The van der Waals surface area contributed by atoms with E-state index in [0.717, 1.165) is 25.7 Å². The molecule has 0 saturated carbocycles. The van der Waals surface area contributed by atoms with E-state index in [1.54, 1.807) is 53.4 Å². The van der Waals surface area contributed by atoms with Gasteiger partial charge in [-0.15, -0.1) is 0 Å². The fourth-order valence-electron chi connectivity index (χ4n) is 3.22. The summed E-state index contributed by atoms with van der Waals surface area (Å²) in [4.78, 5) is 39.3. The van der Waals surface area contributed by atoms with E-state index < -0.39 is 5.97 Å². The Balaban J connectivity index is 1.68. The van der Waals surface area contributed by atoms with Crippen molar-refractivity contribution in [3.8, 4) is 0 Å². The maximum atomic E-state index is 12.7. The van der Waals surface area contributed by atoms with Crippen molar-refractivity contribution < 1.29 is 19.1 Å².